The van der Waals surface area contributed by atoms with E-state index >= 15 is 0 Å². The average Bonchev–Trinajstić information content (AvgIpc) is 4.15. The Kier molecular flexibility index (Phi) is 9.51. The van der Waals surface area contributed by atoms with Crippen LogP contribution in [0.4, 0.5) is 0 Å². The van der Waals surface area contributed by atoms with Crippen LogP contribution in [0.15, 0.2) is 54.6 Å². The predicted molar refractivity (Wildman–Crippen MR) is 197 cm³/mol. The highest BCUT2D eigenvalue weighted by atomic mass is 16.8. The Balaban J connectivity index is 0.954. The van der Waals surface area contributed by atoms with Crippen molar-refractivity contribution in [3.8, 4) is 0 Å². The van der Waals surface area contributed by atoms with Crippen molar-refractivity contribution in [2.45, 2.75) is 101 Å². The van der Waals surface area contributed by atoms with Crippen LogP contribution in [-0.4, -0.2) is 102 Å². The van der Waals surface area contributed by atoms with E-state index in [1.165, 1.54) is 6.08 Å². The Bertz CT molecular complexity index is 1980. The van der Waals surface area contributed by atoms with E-state index in [4.69, 9.17) is 33.6 Å². The number of benzene rings is 2. The van der Waals surface area contributed by atoms with Crippen LogP contribution in [0.25, 0.3) is 6.08 Å². The second-order valence-corrected chi connectivity index (χ2v) is 17.0. The maximum Gasteiger partial charge on any atom is 0.348 e. The molecule has 4 saturated heterocycles. The number of amides is 2. The Morgan fingerprint density at radius 3 is 2.37 bits per heavy atom. The van der Waals surface area contributed by atoms with Crippen LogP contribution in [0.2, 0.25) is 0 Å². The largest absolute Gasteiger partial charge is 0.462 e. The molecule has 4 aliphatic heterocycles. The van der Waals surface area contributed by atoms with Gasteiger partial charge >= 0.3 is 17.9 Å². The minimum atomic E-state index is -1.37. The summed E-state index contributed by atoms with van der Waals surface area (Å²) in [5, 5.41) is 16.4. The molecule has 0 spiro atoms. The summed E-state index contributed by atoms with van der Waals surface area (Å²) in [6.45, 7) is 3.93. The van der Waals surface area contributed by atoms with Crippen LogP contribution in [0.1, 0.15) is 73.0 Å². The molecule has 2 bridgehead atoms. The van der Waals surface area contributed by atoms with Crippen LogP contribution in [-0.2, 0) is 60.8 Å². The molecule has 3 N–H and O–H groups in total. The van der Waals surface area contributed by atoms with Crippen molar-refractivity contribution >= 4 is 35.8 Å². The number of ether oxygens (including phenoxy) is 5. The minimum Gasteiger partial charge on any atom is -0.462 e. The van der Waals surface area contributed by atoms with Gasteiger partial charge in [-0.25, -0.2) is 9.59 Å². The Hall–Kier alpha value is -4.67. The summed E-state index contributed by atoms with van der Waals surface area (Å²) in [4.78, 5) is 72.8. The molecule has 0 aromatic heterocycles. The second-order valence-electron chi connectivity index (χ2n) is 17.0. The van der Waals surface area contributed by atoms with Crippen molar-refractivity contribution in [1.29, 1.82) is 0 Å². The van der Waals surface area contributed by atoms with E-state index < -0.39 is 71.1 Å². The van der Waals surface area contributed by atoms with Crippen LogP contribution in [0.3, 0.4) is 0 Å². The molecular formula is C42H47N3O12. The fraction of sp³-hybridized carbons (Fsp3) is 0.548. The molecule has 7 unspecified atom stereocenters. The molecule has 15 heteroatoms. The zero-order chi connectivity index (χ0) is 39.7. The van der Waals surface area contributed by atoms with Gasteiger partial charge in [0.05, 0.1) is 13.2 Å². The lowest BCUT2D eigenvalue weighted by Gasteiger charge is -2.48. The smallest absolute Gasteiger partial charge is 0.348 e. The number of nitrogens with zero attached hydrogens (tertiary/aromatic N) is 1. The number of aliphatic hydroxyl groups excluding tert-OH is 1. The lowest BCUT2D eigenvalue weighted by atomic mass is 9.62. The highest BCUT2D eigenvalue weighted by Gasteiger charge is 2.78. The summed E-state index contributed by atoms with van der Waals surface area (Å²) < 4.78 is 30.3. The first-order valence-corrected chi connectivity index (χ1v) is 19.8. The van der Waals surface area contributed by atoms with Gasteiger partial charge < -0.3 is 39.4 Å². The molecule has 4 heterocycles. The molecule has 0 radical (unpaired) electrons. The highest BCUT2D eigenvalue weighted by Crippen LogP contribution is 2.63. The van der Waals surface area contributed by atoms with Crippen molar-refractivity contribution in [3.05, 3.63) is 76.9 Å². The monoisotopic (exact) mass is 785 g/mol. The van der Waals surface area contributed by atoms with Crippen molar-refractivity contribution in [2.75, 3.05) is 19.8 Å². The van der Waals surface area contributed by atoms with E-state index in [1.54, 1.807) is 61.4 Å². The lowest BCUT2D eigenvalue weighted by molar-refractivity contribution is -0.235. The molecule has 57 heavy (non-hydrogen) atoms. The van der Waals surface area contributed by atoms with Crippen LogP contribution >= 0.6 is 0 Å². The number of hydrogen-bond acceptors (Lipinski definition) is 13. The molecule has 7 fully saturated rings. The fourth-order valence-corrected chi connectivity index (χ4v) is 9.28. The van der Waals surface area contributed by atoms with E-state index in [2.05, 4.69) is 10.6 Å². The summed E-state index contributed by atoms with van der Waals surface area (Å²) in [5.74, 6) is -2.82. The first-order valence-electron chi connectivity index (χ1n) is 19.8. The van der Waals surface area contributed by atoms with Gasteiger partial charge in [0.25, 0.3) is 5.91 Å². The van der Waals surface area contributed by atoms with Crippen molar-refractivity contribution in [2.24, 2.45) is 22.7 Å². The number of aliphatic hydroxyl groups is 1. The first-order chi connectivity index (χ1) is 27.4. The Morgan fingerprint density at radius 2 is 1.68 bits per heavy atom. The third kappa shape index (κ3) is 6.72. The number of hydroxylamine groups is 2. The number of carbonyl (C=O) groups excluding carboxylic acids is 5. The van der Waals surface area contributed by atoms with Gasteiger partial charge in [-0.05, 0) is 60.6 Å². The average molecular weight is 786 g/mol. The number of carbonyl (C=O) groups is 5. The van der Waals surface area contributed by atoms with Crippen LogP contribution in [0.5, 0.6) is 0 Å². The molecule has 2 aromatic rings. The van der Waals surface area contributed by atoms with E-state index in [9.17, 15) is 24.0 Å². The third-order valence-corrected chi connectivity index (χ3v) is 12.4. The van der Waals surface area contributed by atoms with E-state index in [-0.39, 0.29) is 62.9 Å². The van der Waals surface area contributed by atoms with Gasteiger partial charge in [-0.2, -0.15) is 5.06 Å². The summed E-state index contributed by atoms with van der Waals surface area (Å²) in [6.07, 6.45) is 3.22. The molecule has 3 saturated carbocycles. The van der Waals surface area contributed by atoms with Gasteiger partial charge in [0.1, 0.15) is 36.4 Å². The molecule has 2 aromatic carbocycles. The molecule has 2 amide bonds. The second kappa shape index (κ2) is 14.3. The fourth-order valence-electron chi connectivity index (χ4n) is 9.28. The molecule has 9 rings (SSSR count). The normalized spacial score (nSPS) is 32.1. The van der Waals surface area contributed by atoms with Gasteiger partial charge in [-0.15, -0.1) is 0 Å². The number of cyclic esters (lactones) is 1. The molecule has 7 aliphatic rings. The molecular weight excluding hydrogens is 738 g/mol. The number of fused-ring (bicyclic) bond motifs is 4. The number of nitrogens with one attached hydrogen (secondary N) is 2. The van der Waals surface area contributed by atoms with Gasteiger partial charge in [-0.3, -0.25) is 19.2 Å². The zero-order valence-electron chi connectivity index (χ0n) is 31.8. The van der Waals surface area contributed by atoms with E-state index in [0.717, 1.165) is 31.2 Å². The Morgan fingerprint density at radius 1 is 0.947 bits per heavy atom. The molecule has 3 aliphatic carbocycles. The topological polar surface area (TPSA) is 188 Å². The maximum absolute atomic E-state index is 14.7. The van der Waals surface area contributed by atoms with Crippen molar-refractivity contribution in [3.63, 3.8) is 0 Å². The maximum atomic E-state index is 14.7. The lowest BCUT2D eigenvalue weighted by Crippen LogP contribution is -2.69. The standard InChI is InChI=1S/C42H47N3O12/c1-40(2)22-52-38(50)35(40)54-30(47)15-10-23-6-8-24(9-7-23)21-45-33-37(49)53-29-19-41(33,39(51)44-20-25-4-3-5-26(18-25)36(48)43-16-17-46)34(57-45)32-31(29)55-42(56-32,27-11-12-27)28-13-14-28/h3-10,15,18,27-29,31-35,46H,11-14,16-17,19-22H2,1-2H3,(H,43,48)(H,44,51). The quantitative estimate of drug-likeness (QED) is 0.153. The summed E-state index contributed by atoms with van der Waals surface area (Å²) in [5.41, 5.74) is 0.549. The Labute approximate surface area is 329 Å². The van der Waals surface area contributed by atoms with Crippen LogP contribution in [0, 0.1) is 22.7 Å². The summed E-state index contributed by atoms with van der Waals surface area (Å²) in [6, 6.07) is 13.0. The number of hydrogen-bond donors (Lipinski definition) is 3. The SMILES string of the molecule is CC1(C)COC(=O)C1OC(=O)C=Cc1ccc(CN2OC3C4OC(C5CC5)(C5CC5)OC4C4CC3(C(=O)NCc3cccc(C(=O)NCCO)c3)C2C(=O)O4)cc1. The summed E-state index contributed by atoms with van der Waals surface area (Å²) in [7, 11) is 0. The highest BCUT2D eigenvalue weighted by molar-refractivity contribution is 5.95. The molecule has 15 nitrogen and oxygen atoms in total. The van der Waals surface area contributed by atoms with Crippen molar-refractivity contribution < 1.29 is 57.6 Å². The summed E-state index contributed by atoms with van der Waals surface area (Å²) >= 11 is 0. The van der Waals surface area contributed by atoms with Crippen molar-refractivity contribution in [1.82, 2.24) is 15.7 Å². The van der Waals surface area contributed by atoms with Gasteiger partial charge in [0.15, 0.2) is 11.8 Å². The van der Waals surface area contributed by atoms with E-state index in [0.29, 0.717) is 16.7 Å². The van der Waals surface area contributed by atoms with Crippen LogP contribution < -0.4 is 10.6 Å². The van der Waals surface area contributed by atoms with Gasteiger partial charge in [0.2, 0.25) is 12.0 Å². The van der Waals surface area contributed by atoms with Gasteiger partial charge in [0, 0.05) is 48.4 Å². The number of rotatable bonds is 13. The number of esters is 3. The molecule has 302 valence electrons. The first kappa shape index (κ1) is 37.9. The minimum absolute atomic E-state index is 0.0887. The van der Waals surface area contributed by atoms with Gasteiger partial charge in [-0.1, -0.05) is 50.2 Å². The molecule has 7 atom stereocenters. The third-order valence-electron chi connectivity index (χ3n) is 12.4. The van der Waals surface area contributed by atoms with E-state index in [1.807, 2.05) is 12.1 Å². The predicted octanol–water partition coefficient (Wildman–Crippen LogP) is 2.33. The zero-order valence-corrected chi connectivity index (χ0v) is 31.8.